The van der Waals surface area contributed by atoms with Crippen molar-refractivity contribution in [3.05, 3.63) is 28.8 Å². The van der Waals surface area contributed by atoms with E-state index in [1.165, 1.54) is 4.90 Å². The number of benzene rings is 1. The molecule has 0 spiro atoms. The van der Waals surface area contributed by atoms with Crippen LogP contribution >= 0.6 is 11.6 Å². The van der Waals surface area contributed by atoms with Gasteiger partial charge in [-0.3, -0.25) is 9.59 Å². The van der Waals surface area contributed by atoms with Crippen LogP contribution in [-0.4, -0.2) is 57.8 Å². The maximum absolute atomic E-state index is 12.4. The Labute approximate surface area is 159 Å². The summed E-state index contributed by atoms with van der Waals surface area (Å²) in [7, 11) is 0. The van der Waals surface area contributed by atoms with Crippen molar-refractivity contribution in [3.8, 4) is 0 Å². The van der Waals surface area contributed by atoms with Crippen LogP contribution in [0.5, 0.6) is 0 Å². The van der Waals surface area contributed by atoms with E-state index in [0.717, 1.165) is 50.5 Å². The first-order chi connectivity index (χ1) is 12.5. The summed E-state index contributed by atoms with van der Waals surface area (Å²) in [6, 6.07) is 5.57. The van der Waals surface area contributed by atoms with Gasteiger partial charge in [-0.25, -0.2) is 0 Å². The fraction of sp³-hybridized carbons (Fsp3) is 0.579. The number of quaternary nitrogens is 1. The molecule has 7 heteroatoms. The van der Waals surface area contributed by atoms with Gasteiger partial charge in [-0.05, 0) is 24.6 Å². The minimum atomic E-state index is -0.293. The number of rotatable bonds is 6. The van der Waals surface area contributed by atoms with Gasteiger partial charge in [-0.15, -0.1) is 0 Å². The number of carbonyl (C=O) groups is 2. The Balaban J connectivity index is 1.45. The van der Waals surface area contributed by atoms with Crippen molar-refractivity contribution in [3.63, 3.8) is 0 Å². The second kappa shape index (κ2) is 8.84. The van der Waals surface area contributed by atoms with Crippen LogP contribution in [0, 0.1) is 12.8 Å². The van der Waals surface area contributed by atoms with Crippen LogP contribution in [0.2, 0.25) is 5.02 Å². The number of hydrogen-bond acceptors (Lipinski definition) is 3. The summed E-state index contributed by atoms with van der Waals surface area (Å²) in [6.07, 6.45) is 1.20. The van der Waals surface area contributed by atoms with Gasteiger partial charge in [0.2, 0.25) is 11.8 Å². The minimum absolute atomic E-state index is 0.0252. The van der Waals surface area contributed by atoms with Crippen molar-refractivity contribution in [2.24, 2.45) is 5.92 Å². The maximum atomic E-state index is 12.4. The molecule has 2 fully saturated rings. The van der Waals surface area contributed by atoms with E-state index in [2.05, 4.69) is 5.32 Å². The van der Waals surface area contributed by atoms with Crippen LogP contribution in [0.1, 0.15) is 18.4 Å². The zero-order valence-electron chi connectivity index (χ0n) is 15.2. The molecule has 1 aromatic rings. The molecule has 2 aliphatic heterocycles. The maximum Gasteiger partial charge on any atom is 0.227 e. The van der Waals surface area contributed by atoms with E-state index in [1.807, 2.05) is 19.1 Å². The third-order valence-electron chi connectivity index (χ3n) is 5.17. The second-order valence-corrected chi connectivity index (χ2v) is 7.50. The van der Waals surface area contributed by atoms with E-state index in [4.69, 9.17) is 16.3 Å². The van der Waals surface area contributed by atoms with Crippen LogP contribution in [-0.2, 0) is 14.3 Å². The minimum Gasteiger partial charge on any atom is -0.370 e. The fourth-order valence-corrected chi connectivity index (χ4v) is 3.66. The highest BCUT2D eigenvalue weighted by Crippen LogP contribution is 2.28. The first-order valence-electron chi connectivity index (χ1n) is 9.30. The Hall–Kier alpha value is -1.63. The third kappa shape index (κ3) is 4.75. The largest absolute Gasteiger partial charge is 0.370 e. The van der Waals surface area contributed by atoms with Crippen LogP contribution in [0.3, 0.4) is 0 Å². The zero-order chi connectivity index (χ0) is 18.5. The smallest absolute Gasteiger partial charge is 0.227 e. The molecule has 26 heavy (non-hydrogen) atoms. The van der Waals surface area contributed by atoms with Gasteiger partial charge in [0.15, 0.2) is 0 Å². The van der Waals surface area contributed by atoms with E-state index in [1.54, 1.807) is 11.0 Å². The summed E-state index contributed by atoms with van der Waals surface area (Å²) in [5, 5.41) is 3.62. The zero-order valence-corrected chi connectivity index (χ0v) is 16.0. The number of aryl methyl sites for hydroxylation is 1. The Bertz CT molecular complexity index is 661. The van der Waals surface area contributed by atoms with Crippen molar-refractivity contribution in [1.29, 1.82) is 0 Å². The first-order valence-corrected chi connectivity index (χ1v) is 9.68. The predicted octanol–water partition coefficient (Wildman–Crippen LogP) is 0.423. The molecule has 2 aliphatic rings. The van der Waals surface area contributed by atoms with E-state index in [0.29, 0.717) is 18.1 Å². The summed E-state index contributed by atoms with van der Waals surface area (Å²) >= 11 is 6.16. The lowest BCUT2D eigenvalue weighted by Crippen LogP contribution is -3.14. The standard InChI is InChI=1S/C19H26ClN3O3/c1-14-3-4-16(12-17(14)20)23-13-15(11-18(23)24)19(25)21-5-2-6-22-7-9-26-10-8-22/h3-4,12,15H,2,5-11,13H2,1H3,(H,21,25)/p+1. The highest BCUT2D eigenvalue weighted by atomic mass is 35.5. The van der Waals surface area contributed by atoms with Crippen molar-refractivity contribution >= 4 is 29.1 Å². The van der Waals surface area contributed by atoms with Gasteiger partial charge in [-0.1, -0.05) is 17.7 Å². The summed E-state index contributed by atoms with van der Waals surface area (Å²) in [5.74, 6) is -0.350. The molecule has 6 nitrogen and oxygen atoms in total. The quantitative estimate of drug-likeness (QED) is 0.703. The number of hydrogen-bond donors (Lipinski definition) is 2. The third-order valence-corrected chi connectivity index (χ3v) is 5.58. The molecule has 0 radical (unpaired) electrons. The van der Waals surface area contributed by atoms with Crippen LogP contribution in [0.4, 0.5) is 5.69 Å². The van der Waals surface area contributed by atoms with Crippen LogP contribution in [0.15, 0.2) is 18.2 Å². The molecule has 2 saturated heterocycles. The van der Waals surface area contributed by atoms with Gasteiger partial charge in [0, 0.05) is 36.6 Å². The number of halogens is 1. The molecule has 0 saturated carbocycles. The fourth-order valence-electron chi connectivity index (χ4n) is 3.49. The highest BCUT2D eigenvalue weighted by molar-refractivity contribution is 6.31. The Morgan fingerprint density at radius 3 is 2.88 bits per heavy atom. The van der Waals surface area contributed by atoms with Gasteiger partial charge in [0.25, 0.3) is 0 Å². The topological polar surface area (TPSA) is 63.1 Å². The monoisotopic (exact) mass is 380 g/mol. The summed E-state index contributed by atoms with van der Waals surface area (Å²) < 4.78 is 5.35. The molecule has 142 valence electrons. The molecule has 0 aliphatic carbocycles. The SMILES string of the molecule is Cc1ccc(N2CC(C(=O)NCCC[NH+]3CCOCC3)CC2=O)cc1Cl. The lowest BCUT2D eigenvalue weighted by molar-refractivity contribution is -0.908. The Morgan fingerprint density at radius 1 is 1.38 bits per heavy atom. The molecular formula is C19H27ClN3O3+. The molecule has 0 aromatic heterocycles. The van der Waals surface area contributed by atoms with Crippen LogP contribution in [0.25, 0.3) is 0 Å². The number of amides is 2. The number of ether oxygens (including phenoxy) is 1. The number of nitrogens with zero attached hydrogens (tertiary/aromatic N) is 1. The normalized spacial score (nSPS) is 21.2. The molecular weight excluding hydrogens is 354 g/mol. The molecule has 2 amide bonds. The molecule has 1 aromatic carbocycles. The molecule has 2 heterocycles. The lowest BCUT2D eigenvalue weighted by Gasteiger charge is -2.23. The first kappa shape index (κ1) is 19.1. The average molecular weight is 381 g/mol. The van der Waals surface area contributed by atoms with Gasteiger partial charge < -0.3 is 19.9 Å². The molecule has 1 unspecified atom stereocenters. The highest BCUT2D eigenvalue weighted by Gasteiger charge is 2.35. The number of anilines is 1. The summed E-state index contributed by atoms with van der Waals surface area (Å²) in [6.45, 7) is 7.77. The van der Waals surface area contributed by atoms with Crippen molar-refractivity contribution in [2.75, 3.05) is 50.8 Å². The van der Waals surface area contributed by atoms with Gasteiger partial charge in [0.05, 0.1) is 25.7 Å². The van der Waals surface area contributed by atoms with Crippen LogP contribution < -0.4 is 15.1 Å². The number of carbonyl (C=O) groups excluding carboxylic acids is 2. The van der Waals surface area contributed by atoms with E-state index in [9.17, 15) is 9.59 Å². The molecule has 1 atom stereocenters. The molecule has 2 N–H and O–H groups in total. The van der Waals surface area contributed by atoms with Gasteiger partial charge >= 0.3 is 0 Å². The van der Waals surface area contributed by atoms with Gasteiger partial charge in [-0.2, -0.15) is 0 Å². The second-order valence-electron chi connectivity index (χ2n) is 7.10. The van der Waals surface area contributed by atoms with E-state index < -0.39 is 0 Å². The lowest BCUT2D eigenvalue weighted by atomic mass is 10.1. The van der Waals surface area contributed by atoms with Crippen molar-refractivity contribution < 1.29 is 19.2 Å². The number of nitrogens with one attached hydrogen (secondary N) is 2. The Morgan fingerprint density at radius 2 is 2.15 bits per heavy atom. The summed E-state index contributed by atoms with van der Waals surface area (Å²) in [4.78, 5) is 27.9. The molecule has 3 rings (SSSR count). The van der Waals surface area contributed by atoms with Crippen molar-refractivity contribution in [2.45, 2.75) is 19.8 Å². The van der Waals surface area contributed by atoms with Crippen molar-refractivity contribution in [1.82, 2.24) is 5.32 Å². The van der Waals surface area contributed by atoms with E-state index >= 15 is 0 Å². The number of morpholine rings is 1. The Kier molecular flexibility index (Phi) is 6.51. The predicted molar refractivity (Wildman–Crippen MR) is 101 cm³/mol. The van der Waals surface area contributed by atoms with E-state index in [-0.39, 0.29) is 24.2 Å². The average Bonchev–Trinajstić information content (AvgIpc) is 3.04. The summed E-state index contributed by atoms with van der Waals surface area (Å²) in [5.41, 5.74) is 1.73. The van der Waals surface area contributed by atoms with Gasteiger partial charge in [0.1, 0.15) is 13.1 Å². The molecule has 0 bridgehead atoms.